The third-order valence-electron chi connectivity index (χ3n) is 2.88. The van der Waals surface area contributed by atoms with Gasteiger partial charge in [-0.15, -0.1) is 11.3 Å². The zero-order chi connectivity index (χ0) is 14.5. The van der Waals surface area contributed by atoms with Crippen LogP contribution in [-0.4, -0.2) is 35.6 Å². The first-order valence-electron chi connectivity index (χ1n) is 6.51. The van der Waals surface area contributed by atoms with Crippen LogP contribution in [0.2, 0.25) is 0 Å². The highest BCUT2D eigenvalue weighted by Crippen LogP contribution is 2.21. The molecule has 5 nitrogen and oxygen atoms in total. The molecule has 0 atom stereocenters. The van der Waals surface area contributed by atoms with Gasteiger partial charge in [0, 0.05) is 37.4 Å². The van der Waals surface area contributed by atoms with Crippen LogP contribution < -0.4 is 5.32 Å². The molecule has 20 heavy (non-hydrogen) atoms. The van der Waals surface area contributed by atoms with Gasteiger partial charge in [0.25, 0.3) is 0 Å². The van der Waals surface area contributed by atoms with Crippen LogP contribution in [0.25, 0.3) is 11.0 Å². The number of thiazole rings is 1. The van der Waals surface area contributed by atoms with Crippen molar-refractivity contribution in [1.29, 1.82) is 0 Å². The number of nitrogens with one attached hydrogen (secondary N) is 1. The molecule has 0 aliphatic heterocycles. The largest absolute Gasteiger partial charge is 0.385 e. The Morgan fingerprint density at radius 1 is 1.55 bits per heavy atom. The molecule has 0 aliphatic rings. The summed E-state index contributed by atoms with van der Waals surface area (Å²) in [5, 5.41) is 2.82. The molecular formula is C14H19N3O2S. The van der Waals surface area contributed by atoms with Gasteiger partial charge in [0.2, 0.25) is 5.91 Å². The quantitative estimate of drug-likeness (QED) is 0.656. The number of ether oxygens (including phenoxy) is 1. The van der Waals surface area contributed by atoms with Crippen LogP contribution >= 0.6 is 11.3 Å². The molecule has 2 rings (SSSR count). The number of fused-ring (bicyclic) bond motifs is 1. The van der Waals surface area contributed by atoms with E-state index in [-0.39, 0.29) is 5.91 Å². The smallest absolute Gasteiger partial charge is 0.244 e. The molecule has 0 bridgehead atoms. The topological polar surface area (TPSA) is 55.6 Å². The fraction of sp³-hybridized carbons (Fsp3) is 0.429. The van der Waals surface area contributed by atoms with Crippen LogP contribution in [0.3, 0.4) is 0 Å². The summed E-state index contributed by atoms with van der Waals surface area (Å²) in [5.74, 6) is -0.0950. The summed E-state index contributed by atoms with van der Waals surface area (Å²) in [7, 11) is 1.65. The van der Waals surface area contributed by atoms with E-state index < -0.39 is 0 Å². The highest BCUT2D eigenvalue weighted by Gasteiger charge is 2.08. The number of nitrogens with zero attached hydrogens (tertiary/aromatic N) is 2. The molecule has 0 aliphatic carbocycles. The van der Waals surface area contributed by atoms with Gasteiger partial charge in [-0.1, -0.05) is 0 Å². The van der Waals surface area contributed by atoms with Crippen LogP contribution in [0.15, 0.2) is 12.3 Å². The first-order chi connectivity index (χ1) is 9.61. The van der Waals surface area contributed by atoms with Crippen molar-refractivity contribution in [3.8, 4) is 0 Å². The maximum atomic E-state index is 11.7. The zero-order valence-corrected chi connectivity index (χ0v) is 12.8. The normalized spacial score (nSPS) is 11.6. The number of carbonyl (C=O) groups is 1. The minimum absolute atomic E-state index is 0.0950. The van der Waals surface area contributed by atoms with Crippen molar-refractivity contribution in [2.75, 3.05) is 20.3 Å². The van der Waals surface area contributed by atoms with Gasteiger partial charge in [0.15, 0.2) is 4.96 Å². The average molecular weight is 293 g/mol. The zero-order valence-electron chi connectivity index (χ0n) is 12.0. The predicted octanol–water partition coefficient (Wildman–Crippen LogP) is 2.18. The number of hydrogen-bond acceptors (Lipinski definition) is 4. The van der Waals surface area contributed by atoms with Crippen LogP contribution in [0.4, 0.5) is 0 Å². The van der Waals surface area contributed by atoms with Crippen molar-refractivity contribution in [2.24, 2.45) is 0 Å². The Bertz CT molecular complexity index is 628. The number of rotatable bonds is 6. The van der Waals surface area contributed by atoms with Gasteiger partial charge in [-0.3, -0.25) is 9.20 Å². The molecule has 1 amide bonds. The van der Waals surface area contributed by atoms with Gasteiger partial charge in [0.05, 0.1) is 11.4 Å². The van der Waals surface area contributed by atoms with E-state index in [0.29, 0.717) is 13.2 Å². The molecule has 0 fully saturated rings. The Labute approximate surface area is 122 Å². The highest BCUT2D eigenvalue weighted by molar-refractivity contribution is 7.17. The van der Waals surface area contributed by atoms with Crippen molar-refractivity contribution in [2.45, 2.75) is 20.3 Å². The van der Waals surface area contributed by atoms with E-state index in [1.807, 2.05) is 30.5 Å². The van der Waals surface area contributed by atoms with Gasteiger partial charge in [0.1, 0.15) is 0 Å². The molecule has 1 N–H and O–H groups in total. The standard InChI is InChI=1S/C14H19N3O2S/c1-10-9-17-12(11(2)16-14(17)20-10)5-6-13(18)15-7-4-8-19-3/h5-6,9H,4,7-8H2,1-3H3,(H,15,18)/b6-5-. The van der Waals surface area contributed by atoms with Crippen molar-refractivity contribution in [3.63, 3.8) is 0 Å². The second kappa shape index (κ2) is 6.67. The van der Waals surface area contributed by atoms with E-state index in [4.69, 9.17) is 4.74 Å². The van der Waals surface area contributed by atoms with Crippen LogP contribution in [0.1, 0.15) is 22.7 Å². The maximum Gasteiger partial charge on any atom is 0.244 e. The summed E-state index contributed by atoms with van der Waals surface area (Å²) in [6, 6.07) is 0. The van der Waals surface area contributed by atoms with Crippen LogP contribution in [0.5, 0.6) is 0 Å². The second-order valence-corrected chi connectivity index (χ2v) is 5.76. The lowest BCUT2D eigenvalue weighted by Crippen LogP contribution is -2.22. The number of aromatic nitrogens is 2. The molecule has 2 aromatic heterocycles. The lowest BCUT2D eigenvalue weighted by atomic mass is 10.3. The SMILES string of the molecule is COCCCNC(=O)/C=C\c1c(C)nc2sc(C)cn12. The Morgan fingerprint density at radius 2 is 2.35 bits per heavy atom. The van der Waals surface area contributed by atoms with Gasteiger partial charge < -0.3 is 10.1 Å². The average Bonchev–Trinajstić information content (AvgIpc) is 2.88. The highest BCUT2D eigenvalue weighted by atomic mass is 32.1. The molecule has 2 aromatic rings. The lowest BCUT2D eigenvalue weighted by molar-refractivity contribution is -0.116. The molecule has 2 heterocycles. The summed E-state index contributed by atoms with van der Waals surface area (Å²) in [6.45, 7) is 5.27. The first kappa shape index (κ1) is 14.7. The van der Waals surface area contributed by atoms with Crippen molar-refractivity contribution in [3.05, 3.63) is 28.5 Å². The number of imidazole rings is 1. The molecule has 0 aromatic carbocycles. The number of methoxy groups -OCH3 is 1. The summed E-state index contributed by atoms with van der Waals surface area (Å²) in [6.07, 6.45) is 6.22. The number of hydrogen-bond donors (Lipinski definition) is 1. The second-order valence-electron chi connectivity index (χ2n) is 4.55. The third-order valence-corrected chi connectivity index (χ3v) is 3.78. The van der Waals surface area contributed by atoms with Gasteiger partial charge in [-0.25, -0.2) is 4.98 Å². The fourth-order valence-corrected chi connectivity index (χ4v) is 2.80. The molecule has 0 saturated carbocycles. The van der Waals surface area contributed by atoms with E-state index in [1.54, 1.807) is 24.5 Å². The summed E-state index contributed by atoms with van der Waals surface area (Å²) >= 11 is 1.64. The number of amides is 1. The fourth-order valence-electron chi connectivity index (χ4n) is 1.92. The Hall–Kier alpha value is -1.66. The number of carbonyl (C=O) groups excluding carboxylic acids is 1. The Kier molecular flexibility index (Phi) is 4.92. The van der Waals surface area contributed by atoms with E-state index >= 15 is 0 Å². The Balaban J connectivity index is 2.01. The molecule has 0 spiro atoms. The van der Waals surface area contributed by atoms with E-state index in [9.17, 15) is 4.79 Å². The molecule has 108 valence electrons. The maximum absolute atomic E-state index is 11.7. The van der Waals surface area contributed by atoms with E-state index in [0.717, 1.165) is 22.8 Å². The van der Waals surface area contributed by atoms with Crippen molar-refractivity contribution >= 4 is 28.3 Å². The lowest BCUT2D eigenvalue weighted by Gasteiger charge is -2.00. The summed E-state index contributed by atoms with van der Waals surface area (Å²) in [4.78, 5) is 18.3. The van der Waals surface area contributed by atoms with Crippen molar-refractivity contribution < 1.29 is 9.53 Å². The van der Waals surface area contributed by atoms with Gasteiger partial charge in [-0.05, 0) is 26.3 Å². The first-order valence-corrected chi connectivity index (χ1v) is 7.33. The van der Waals surface area contributed by atoms with Crippen molar-refractivity contribution in [1.82, 2.24) is 14.7 Å². The molecule has 6 heteroatoms. The third kappa shape index (κ3) is 3.46. The number of aryl methyl sites for hydroxylation is 2. The molecule has 0 saturated heterocycles. The monoisotopic (exact) mass is 293 g/mol. The minimum atomic E-state index is -0.0950. The van der Waals surface area contributed by atoms with E-state index in [1.165, 1.54) is 4.88 Å². The minimum Gasteiger partial charge on any atom is -0.385 e. The summed E-state index contributed by atoms with van der Waals surface area (Å²) in [5.41, 5.74) is 1.89. The van der Waals surface area contributed by atoms with Gasteiger partial charge >= 0.3 is 0 Å². The summed E-state index contributed by atoms with van der Waals surface area (Å²) < 4.78 is 6.95. The predicted molar refractivity (Wildman–Crippen MR) is 81.1 cm³/mol. The molecule has 0 radical (unpaired) electrons. The molecular weight excluding hydrogens is 274 g/mol. The molecule has 0 unspecified atom stereocenters. The van der Waals surface area contributed by atoms with E-state index in [2.05, 4.69) is 10.3 Å². The van der Waals surface area contributed by atoms with Gasteiger partial charge in [-0.2, -0.15) is 0 Å². The van der Waals surface area contributed by atoms with Crippen LogP contribution in [0, 0.1) is 13.8 Å². The Morgan fingerprint density at radius 3 is 3.10 bits per heavy atom. The van der Waals surface area contributed by atoms with Crippen LogP contribution in [-0.2, 0) is 9.53 Å².